The molecule has 0 aromatic rings. The van der Waals surface area contributed by atoms with Crippen LogP contribution in [0.4, 0.5) is 0 Å². The van der Waals surface area contributed by atoms with E-state index in [1.807, 2.05) is 0 Å². The van der Waals surface area contributed by atoms with Crippen molar-refractivity contribution < 1.29 is 9.59 Å². The summed E-state index contributed by atoms with van der Waals surface area (Å²) in [4.78, 5) is 28.9. The van der Waals surface area contributed by atoms with Gasteiger partial charge in [0.05, 0.1) is 6.54 Å². The van der Waals surface area contributed by atoms with Crippen molar-refractivity contribution >= 4 is 11.8 Å². The van der Waals surface area contributed by atoms with Gasteiger partial charge in [0, 0.05) is 25.0 Å². The lowest BCUT2D eigenvalue weighted by Crippen LogP contribution is -2.47. The zero-order valence-electron chi connectivity index (χ0n) is 14.3. The number of hydrogen-bond donors (Lipinski definition) is 1. The number of likely N-dealkylation sites (tertiary alicyclic amines) is 2. The molecule has 1 N–H and O–H groups in total. The minimum Gasteiger partial charge on any atom is -0.352 e. The Morgan fingerprint density at radius 3 is 2.13 bits per heavy atom. The highest BCUT2D eigenvalue weighted by molar-refractivity contribution is 5.79. The topological polar surface area (TPSA) is 52.7 Å². The summed E-state index contributed by atoms with van der Waals surface area (Å²) in [7, 11) is 0. The maximum atomic E-state index is 12.5. The van der Waals surface area contributed by atoms with Gasteiger partial charge in [0.25, 0.3) is 0 Å². The van der Waals surface area contributed by atoms with Crippen molar-refractivity contribution in [3.63, 3.8) is 0 Å². The lowest BCUT2D eigenvalue weighted by Gasteiger charge is -2.35. The molecule has 23 heavy (non-hydrogen) atoms. The van der Waals surface area contributed by atoms with E-state index in [0.29, 0.717) is 18.5 Å². The third-order valence-electron chi connectivity index (χ3n) is 5.69. The van der Waals surface area contributed by atoms with E-state index < -0.39 is 0 Å². The van der Waals surface area contributed by atoms with Crippen LogP contribution in [0.2, 0.25) is 0 Å². The number of carbonyl (C=O) groups excluding carboxylic acids is 2. The number of nitrogens with zero attached hydrogens (tertiary/aromatic N) is 2. The van der Waals surface area contributed by atoms with Crippen molar-refractivity contribution in [3.8, 4) is 0 Å². The first kappa shape index (κ1) is 16.7. The second-order valence-corrected chi connectivity index (χ2v) is 7.49. The smallest absolute Gasteiger partial charge is 0.234 e. The van der Waals surface area contributed by atoms with Crippen LogP contribution in [0.3, 0.4) is 0 Å². The monoisotopic (exact) mass is 321 g/mol. The lowest BCUT2D eigenvalue weighted by atomic mass is 9.94. The summed E-state index contributed by atoms with van der Waals surface area (Å²) in [5, 5.41) is 3.16. The summed E-state index contributed by atoms with van der Waals surface area (Å²) in [5.41, 5.74) is 0. The molecule has 5 nitrogen and oxygen atoms in total. The van der Waals surface area contributed by atoms with E-state index in [9.17, 15) is 9.59 Å². The standard InChI is InChI=1S/C18H31N3O2/c22-17(19-16-6-2-3-7-16)14-20-12-8-15(9-13-20)18(23)21-10-4-1-5-11-21/h15-16H,1-14H2,(H,19,22). The summed E-state index contributed by atoms with van der Waals surface area (Å²) in [5.74, 6) is 0.708. The van der Waals surface area contributed by atoms with Gasteiger partial charge in [-0.3, -0.25) is 14.5 Å². The zero-order chi connectivity index (χ0) is 16.1. The van der Waals surface area contributed by atoms with E-state index in [4.69, 9.17) is 0 Å². The molecule has 0 radical (unpaired) electrons. The molecule has 0 atom stereocenters. The molecule has 1 aliphatic carbocycles. The van der Waals surface area contributed by atoms with Crippen molar-refractivity contribution in [3.05, 3.63) is 0 Å². The quantitative estimate of drug-likeness (QED) is 0.858. The first-order valence-corrected chi connectivity index (χ1v) is 9.53. The first-order valence-electron chi connectivity index (χ1n) is 9.53. The number of amides is 2. The van der Waals surface area contributed by atoms with Gasteiger partial charge in [-0.15, -0.1) is 0 Å². The van der Waals surface area contributed by atoms with E-state index in [-0.39, 0.29) is 11.8 Å². The van der Waals surface area contributed by atoms with E-state index in [1.54, 1.807) is 0 Å². The molecule has 3 rings (SSSR count). The molecule has 3 fully saturated rings. The molecule has 3 aliphatic rings. The second-order valence-electron chi connectivity index (χ2n) is 7.49. The molecule has 0 aromatic heterocycles. The Morgan fingerprint density at radius 2 is 1.48 bits per heavy atom. The average molecular weight is 321 g/mol. The fourth-order valence-corrected chi connectivity index (χ4v) is 4.26. The van der Waals surface area contributed by atoms with Crippen molar-refractivity contribution in [1.29, 1.82) is 0 Å². The van der Waals surface area contributed by atoms with Crippen molar-refractivity contribution in [2.24, 2.45) is 5.92 Å². The van der Waals surface area contributed by atoms with Gasteiger partial charge in [0.1, 0.15) is 0 Å². The third-order valence-corrected chi connectivity index (χ3v) is 5.69. The highest BCUT2D eigenvalue weighted by atomic mass is 16.2. The minimum absolute atomic E-state index is 0.165. The number of hydrogen-bond acceptors (Lipinski definition) is 3. The molecule has 5 heteroatoms. The van der Waals surface area contributed by atoms with Gasteiger partial charge < -0.3 is 10.2 Å². The van der Waals surface area contributed by atoms with Crippen LogP contribution in [0, 0.1) is 5.92 Å². The predicted octanol–water partition coefficient (Wildman–Crippen LogP) is 1.77. The molecule has 130 valence electrons. The first-order chi connectivity index (χ1) is 11.2. The van der Waals surface area contributed by atoms with Crippen LogP contribution < -0.4 is 5.32 Å². The summed E-state index contributed by atoms with van der Waals surface area (Å²) < 4.78 is 0. The second kappa shape index (κ2) is 8.13. The van der Waals surface area contributed by atoms with Gasteiger partial charge in [0.15, 0.2) is 0 Å². The average Bonchev–Trinajstić information content (AvgIpc) is 3.08. The maximum absolute atomic E-state index is 12.5. The molecule has 2 aliphatic heterocycles. The fourth-order valence-electron chi connectivity index (χ4n) is 4.26. The SMILES string of the molecule is O=C(CN1CCC(C(=O)N2CCCCC2)CC1)NC1CCCC1. The largest absolute Gasteiger partial charge is 0.352 e. The summed E-state index contributed by atoms with van der Waals surface area (Å²) in [6.07, 6.45) is 10.2. The molecule has 0 aromatic carbocycles. The Labute approximate surface area is 139 Å². The Morgan fingerprint density at radius 1 is 0.826 bits per heavy atom. The highest BCUT2D eigenvalue weighted by Gasteiger charge is 2.30. The van der Waals surface area contributed by atoms with E-state index in [0.717, 1.165) is 64.7 Å². The van der Waals surface area contributed by atoms with Gasteiger partial charge in [-0.2, -0.15) is 0 Å². The Kier molecular flexibility index (Phi) is 5.92. The van der Waals surface area contributed by atoms with Crippen LogP contribution in [0.5, 0.6) is 0 Å². The lowest BCUT2D eigenvalue weighted by molar-refractivity contribution is -0.138. The van der Waals surface area contributed by atoms with E-state index >= 15 is 0 Å². The van der Waals surface area contributed by atoms with Crippen LogP contribution in [-0.4, -0.2) is 60.4 Å². The molecule has 2 amide bonds. The fraction of sp³-hybridized carbons (Fsp3) is 0.889. The molecule has 2 heterocycles. The number of rotatable bonds is 4. The maximum Gasteiger partial charge on any atom is 0.234 e. The van der Waals surface area contributed by atoms with Crippen molar-refractivity contribution in [2.75, 3.05) is 32.7 Å². The van der Waals surface area contributed by atoms with Crippen LogP contribution in [0.15, 0.2) is 0 Å². The Bertz CT molecular complexity index is 406. The van der Waals surface area contributed by atoms with Gasteiger partial charge in [0.2, 0.25) is 11.8 Å². The highest BCUT2D eigenvalue weighted by Crippen LogP contribution is 2.22. The summed E-state index contributed by atoms with van der Waals surface area (Å²) >= 11 is 0. The molecule has 0 bridgehead atoms. The van der Waals surface area contributed by atoms with Crippen LogP contribution in [-0.2, 0) is 9.59 Å². The van der Waals surface area contributed by atoms with Crippen LogP contribution in [0.1, 0.15) is 57.8 Å². The van der Waals surface area contributed by atoms with Crippen LogP contribution in [0.25, 0.3) is 0 Å². The minimum atomic E-state index is 0.165. The van der Waals surface area contributed by atoms with Crippen LogP contribution >= 0.6 is 0 Å². The molecule has 2 saturated heterocycles. The Hall–Kier alpha value is -1.10. The third kappa shape index (κ3) is 4.69. The number of piperidine rings is 2. The molecule has 1 saturated carbocycles. The van der Waals surface area contributed by atoms with Gasteiger partial charge in [-0.25, -0.2) is 0 Å². The van der Waals surface area contributed by atoms with Crippen molar-refractivity contribution in [1.82, 2.24) is 15.1 Å². The van der Waals surface area contributed by atoms with Crippen molar-refractivity contribution in [2.45, 2.75) is 63.8 Å². The summed E-state index contributed by atoms with van der Waals surface area (Å²) in [6.45, 7) is 4.15. The van der Waals surface area contributed by atoms with E-state index in [2.05, 4.69) is 15.1 Å². The molecule has 0 spiro atoms. The van der Waals surface area contributed by atoms with Gasteiger partial charge >= 0.3 is 0 Å². The molecule has 0 unspecified atom stereocenters. The van der Waals surface area contributed by atoms with Gasteiger partial charge in [-0.1, -0.05) is 12.8 Å². The Balaban J connectivity index is 1.37. The zero-order valence-corrected chi connectivity index (χ0v) is 14.3. The summed E-state index contributed by atoms with van der Waals surface area (Å²) in [6, 6.07) is 0.403. The molecular weight excluding hydrogens is 290 g/mol. The number of carbonyl (C=O) groups is 2. The number of nitrogens with one attached hydrogen (secondary N) is 1. The van der Waals surface area contributed by atoms with E-state index in [1.165, 1.54) is 19.3 Å². The van der Waals surface area contributed by atoms with Gasteiger partial charge in [-0.05, 0) is 58.0 Å². The normalized spacial score (nSPS) is 24.8. The predicted molar refractivity (Wildman–Crippen MR) is 90.0 cm³/mol. The molecular formula is C18H31N3O2.